The summed E-state index contributed by atoms with van der Waals surface area (Å²) < 4.78 is 6.45. The Kier molecular flexibility index (Phi) is 5.14. The third-order valence-corrected chi connectivity index (χ3v) is 5.58. The molecule has 2 N–H and O–H groups in total. The van der Waals surface area contributed by atoms with E-state index in [0.717, 1.165) is 15.0 Å². The number of hydrogen-bond acceptors (Lipinski definition) is 5. The molecule has 0 spiro atoms. The van der Waals surface area contributed by atoms with Crippen molar-refractivity contribution in [2.75, 3.05) is 0 Å². The van der Waals surface area contributed by atoms with Crippen LogP contribution in [0.15, 0.2) is 34.4 Å². The van der Waals surface area contributed by atoms with Crippen molar-refractivity contribution in [1.29, 1.82) is 0 Å². The van der Waals surface area contributed by atoms with E-state index in [9.17, 15) is 10.1 Å². The van der Waals surface area contributed by atoms with Gasteiger partial charge in [-0.1, -0.05) is 24.3 Å². The summed E-state index contributed by atoms with van der Waals surface area (Å²) >= 11 is 4.93. The van der Waals surface area contributed by atoms with E-state index < -0.39 is 18.3 Å². The summed E-state index contributed by atoms with van der Waals surface area (Å²) in [5, 5.41) is 20.5. The fourth-order valence-electron chi connectivity index (χ4n) is 1.74. The molecular weight excluding hydrogens is 365 g/mol. The number of nitrogens with zero attached hydrogens (tertiary/aromatic N) is 1. The van der Waals surface area contributed by atoms with Gasteiger partial charge >= 0.3 is 7.12 Å². The SMILES string of the molecule is CC(C)(O)C(C)(C)OB(O)c1cccc(-c2scnc2Br)c1. The average molecular weight is 384 g/mol. The molecule has 0 fully saturated rings. The van der Waals surface area contributed by atoms with Gasteiger partial charge in [-0.3, -0.25) is 0 Å². The van der Waals surface area contributed by atoms with Crippen molar-refractivity contribution in [3.05, 3.63) is 34.4 Å². The van der Waals surface area contributed by atoms with Crippen LogP contribution in [-0.4, -0.2) is 33.4 Å². The van der Waals surface area contributed by atoms with Crippen molar-refractivity contribution in [2.24, 2.45) is 0 Å². The third kappa shape index (κ3) is 3.78. The molecule has 1 aromatic carbocycles. The smallest absolute Gasteiger partial charge is 0.423 e. The summed E-state index contributed by atoms with van der Waals surface area (Å²) in [6, 6.07) is 7.48. The van der Waals surface area contributed by atoms with Gasteiger partial charge in [0, 0.05) is 0 Å². The van der Waals surface area contributed by atoms with Crippen LogP contribution in [0.25, 0.3) is 10.4 Å². The molecule has 118 valence electrons. The maximum atomic E-state index is 10.4. The molecule has 1 aromatic heterocycles. The lowest BCUT2D eigenvalue weighted by Crippen LogP contribution is -2.53. The van der Waals surface area contributed by atoms with Crippen LogP contribution in [0.1, 0.15) is 27.7 Å². The molecule has 0 amide bonds. The van der Waals surface area contributed by atoms with Gasteiger partial charge in [0.05, 0.1) is 21.6 Å². The van der Waals surface area contributed by atoms with Gasteiger partial charge < -0.3 is 14.8 Å². The number of halogens is 1. The van der Waals surface area contributed by atoms with Gasteiger partial charge in [-0.2, -0.15) is 0 Å². The summed E-state index contributed by atoms with van der Waals surface area (Å²) in [5.74, 6) is 0. The van der Waals surface area contributed by atoms with Gasteiger partial charge in [0.1, 0.15) is 4.60 Å². The van der Waals surface area contributed by atoms with Crippen molar-refractivity contribution < 1.29 is 14.8 Å². The van der Waals surface area contributed by atoms with Crippen LogP contribution in [0.3, 0.4) is 0 Å². The van der Waals surface area contributed by atoms with Crippen LogP contribution in [0.4, 0.5) is 0 Å². The topological polar surface area (TPSA) is 62.6 Å². The van der Waals surface area contributed by atoms with Crippen LogP contribution in [0, 0.1) is 0 Å². The van der Waals surface area contributed by atoms with Gasteiger partial charge in [-0.15, -0.1) is 11.3 Å². The van der Waals surface area contributed by atoms with E-state index in [2.05, 4.69) is 20.9 Å². The Labute approximate surface area is 143 Å². The quantitative estimate of drug-likeness (QED) is 0.779. The number of aromatic nitrogens is 1. The summed E-state index contributed by atoms with van der Waals surface area (Å²) in [4.78, 5) is 5.16. The predicted molar refractivity (Wildman–Crippen MR) is 94.3 cm³/mol. The Bertz CT molecular complexity index is 654. The van der Waals surface area contributed by atoms with E-state index in [1.165, 1.54) is 11.3 Å². The van der Waals surface area contributed by atoms with Crippen LogP contribution in [0.2, 0.25) is 0 Å². The Hall–Kier alpha value is -0.725. The molecule has 22 heavy (non-hydrogen) atoms. The fourth-order valence-corrected chi connectivity index (χ4v) is 3.17. The highest BCUT2D eigenvalue weighted by Gasteiger charge is 2.39. The molecule has 0 bridgehead atoms. The lowest BCUT2D eigenvalue weighted by Gasteiger charge is -2.38. The van der Waals surface area contributed by atoms with Gasteiger partial charge in [0.15, 0.2) is 0 Å². The summed E-state index contributed by atoms with van der Waals surface area (Å²) in [6.45, 7) is 6.81. The van der Waals surface area contributed by atoms with E-state index in [-0.39, 0.29) is 0 Å². The van der Waals surface area contributed by atoms with Crippen LogP contribution in [0.5, 0.6) is 0 Å². The molecule has 7 heteroatoms. The minimum absolute atomic E-state index is 0.634. The first-order chi connectivity index (χ1) is 10.1. The highest BCUT2D eigenvalue weighted by atomic mass is 79.9. The Morgan fingerprint density at radius 3 is 2.50 bits per heavy atom. The van der Waals surface area contributed by atoms with Gasteiger partial charge in [-0.25, -0.2) is 4.98 Å². The highest BCUT2D eigenvalue weighted by molar-refractivity contribution is 9.10. The molecule has 0 saturated carbocycles. The zero-order chi connectivity index (χ0) is 16.5. The molecule has 2 aromatic rings. The van der Waals surface area contributed by atoms with Gasteiger partial charge in [-0.05, 0) is 54.7 Å². The van der Waals surface area contributed by atoms with Crippen LogP contribution < -0.4 is 5.46 Å². The number of aliphatic hydroxyl groups is 1. The summed E-state index contributed by atoms with van der Waals surface area (Å²) in [5.41, 5.74) is 1.38. The molecular formula is C15H19BBrNO3S. The minimum Gasteiger partial charge on any atom is -0.423 e. The summed E-state index contributed by atoms with van der Waals surface area (Å²) in [6.07, 6.45) is 0. The molecule has 2 rings (SSSR count). The molecule has 4 nitrogen and oxygen atoms in total. The first kappa shape index (κ1) is 17.6. The normalized spacial score (nSPS) is 12.5. The van der Waals surface area contributed by atoms with Gasteiger partial charge in [0.2, 0.25) is 0 Å². The number of hydrogen-bond donors (Lipinski definition) is 2. The van der Waals surface area contributed by atoms with E-state index in [0.29, 0.717) is 5.46 Å². The van der Waals surface area contributed by atoms with Crippen molar-refractivity contribution in [3.63, 3.8) is 0 Å². The van der Waals surface area contributed by atoms with E-state index >= 15 is 0 Å². The monoisotopic (exact) mass is 383 g/mol. The molecule has 0 radical (unpaired) electrons. The van der Waals surface area contributed by atoms with Crippen LogP contribution in [-0.2, 0) is 4.65 Å². The van der Waals surface area contributed by atoms with E-state index in [1.54, 1.807) is 39.3 Å². The second-order valence-electron chi connectivity index (χ2n) is 6.14. The maximum absolute atomic E-state index is 10.4. The molecule has 0 aliphatic carbocycles. The number of rotatable bonds is 5. The van der Waals surface area contributed by atoms with E-state index in [4.69, 9.17) is 4.65 Å². The lowest BCUT2D eigenvalue weighted by atomic mass is 9.76. The third-order valence-electron chi connectivity index (χ3n) is 3.84. The molecule has 0 atom stereocenters. The second kappa shape index (κ2) is 6.41. The van der Waals surface area contributed by atoms with Crippen molar-refractivity contribution in [1.82, 2.24) is 4.98 Å². The average Bonchev–Trinajstić information content (AvgIpc) is 2.83. The Morgan fingerprint density at radius 1 is 1.27 bits per heavy atom. The van der Waals surface area contributed by atoms with Crippen molar-refractivity contribution in [3.8, 4) is 10.4 Å². The van der Waals surface area contributed by atoms with Crippen molar-refractivity contribution in [2.45, 2.75) is 38.9 Å². The highest BCUT2D eigenvalue weighted by Crippen LogP contribution is 2.31. The zero-order valence-corrected chi connectivity index (χ0v) is 15.4. The fraction of sp³-hybridized carbons (Fsp3) is 0.400. The molecule has 0 saturated heterocycles. The van der Waals surface area contributed by atoms with Gasteiger partial charge in [0.25, 0.3) is 0 Å². The minimum atomic E-state index is -1.12. The Balaban J connectivity index is 2.25. The predicted octanol–water partition coefficient (Wildman–Crippen LogP) is 2.83. The number of thiazole rings is 1. The van der Waals surface area contributed by atoms with Crippen molar-refractivity contribution >= 4 is 39.8 Å². The molecule has 0 aliphatic rings. The molecule has 0 aliphatic heterocycles. The molecule has 0 unspecified atom stereocenters. The first-order valence-corrected chi connectivity index (χ1v) is 8.56. The summed E-state index contributed by atoms with van der Waals surface area (Å²) in [7, 11) is -1.12. The second-order valence-corrected chi connectivity index (χ2v) is 7.74. The Morgan fingerprint density at radius 2 is 1.95 bits per heavy atom. The maximum Gasteiger partial charge on any atom is 0.491 e. The first-order valence-electron chi connectivity index (χ1n) is 6.89. The molecule has 1 heterocycles. The van der Waals surface area contributed by atoms with Crippen LogP contribution >= 0.6 is 27.3 Å². The zero-order valence-electron chi connectivity index (χ0n) is 13.0. The standard InChI is InChI=1S/C15H19BBrNO3S/c1-14(2,19)15(3,4)21-16(20)11-7-5-6-10(8-11)12-13(17)18-9-22-12/h5-9,19-20H,1-4H3. The largest absolute Gasteiger partial charge is 0.491 e. The lowest BCUT2D eigenvalue weighted by molar-refractivity contribution is -0.0982. The number of benzene rings is 1. The van der Waals surface area contributed by atoms with E-state index in [1.807, 2.05) is 18.2 Å².